The molecule has 0 saturated heterocycles. The van der Waals surface area contributed by atoms with Gasteiger partial charge in [0.1, 0.15) is 0 Å². The average molecular weight is 171 g/mol. The molecule has 0 radical (unpaired) electrons. The van der Waals surface area contributed by atoms with Gasteiger partial charge in [-0.3, -0.25) is 4.70 Å². The molecule has 0 fully saturated rings. The van der Waals surface area contributed by atoms with Crippen LogP contribution < -0.4 is 0 Å². The second-order valence-corrected chi connectivity index (χ2v) is 0.577. The fourth-order valence-corrected chi connectivity index (χ4v) is 0. The maximum atomic E-state index is 2.00. The largest absolute Gasteiger partial charge is 1.00 e. The molecule has 0 aromatic rings. The molecule has 0 saturated carbocycles. The maximum Gasteiger partial charge on any atom is 1.00 e. The van der Waals surface area contributed by atoms with Gasteiger partial charge in [0.25, 0.3) is 0 Å². The zero-order valence-corrected chi connectivity index (χ0v) is 4.77. The fourth-order valence-electron chi connectivity index (χ4n) is 0. The molecule has 0 nitrogen and oxygen atoms in total. The molecule has 0 aromatic heterocycles. The van der Waals surface area contributed by atoms with Crippen LogP contribution in [-0.4, -0.2) is 0 Å². The van der Waals surface area contributed by atoms with E-state index < -0.39 is 0 Å². The van der Waals surface area contributed by atoms with Crippen molar-refractivity contribution in [2.45, 2.75) is 13.8 Å². The van der Waals surface area contributed by atoms with Gasteiger partial charge in [0.05, 0.1) is 0 Å². The minimum atomic E-state index is 0. The molecule has 0 bridgehead atoms. The van der Waals surface area contributed by atoms with Gasteiger partial charge >= 0.3 is 22.4 Å². The Balaban J connectivity index is -0.0000000200. The number of hydrogen-bond acceptors (Lipinski definition) is 0. The third kappa shape index (κ3) is 74.1. The molecule has 0 N–H and O–H groups in total. The van der Waals surface area contributed by atoms with Crippen LogP contribution >= 0.6 is 0 Å². The third-order valence-electron chi connectivity index (χ3n) is 0. The third-order valence-corrected chi connectivity index (χ3v) is 0. The van der Waals surface area contributed by atoms with Crippen molar-refractivity contribution < 1.29 is 27.1 Å². The van der Waals surface area contributed by atoms with E-state index in [9.17, 15) is 0 Å². The van der Waals surface area contributed by atoms with Crippen molar-refractivity contribution in [3.8, 4) is 0 Å². The van der Waals surface area contributed by atoms with E-state index >= 15 is 0 Å². The molecule has 5 heavy (non-hydrogen) atoms. The predicted octanol–water partition coefficient (Wildman–Crippen LogP) is 1.38. The van der Waals surface area contributed by atoms with Gasteiger partial charge in [-0.2, -0.15) is 13.8 Å². The molecule has 0 amide bonds. The summed E-state index contributed by atoms with van der Waals surface area (Å²) in [6.45, 7) is 4.00. The summed E-state index contributed by atoms with van der Waals surface area (Å²) in [4.78, 5) is 0. The van der Waals surface area contributed by atoms with E-state index in [1.165, 1.54) is 0 Å². The SMILES string of the molecule is C[CH-]C.F.[Ag+]. The molecule has 0 atom stereocenters. The van der Waals surface area contributed by atoms with Crippen LogP contribution in [0.5, 0.6) is 0 Å². The van der Waals surface area contributed by atoms with Crippen LogP contribution in [0.25, 0.3) is 0 Å². The van der Waals surface area contributed by atoms with E-state index in [0.717, 1.165) is 0 Å². The first kappa shape index (κ1) is 17.3. The Morgan fingerprint density at radius 3 is 1.20 bits per heavy atom. The van der Waals surface area contributed by atoms with Crippen molar-refractivity contribution in [2.75, 3.05) is 0 Å². The van der Waals surface area contributed by atoms with E-state index in [1.807, 2.05) is 20.3 Å². The summed E-state index contributed by atoms with van der Waals surface area (Å²) >= 11 is 0. The van der Waals surface area contributed by atoms with Crippen molar-refractivity contribution in [3.63, 3.8) is 0 Å². The van der Waals surface area contributed by atoms with Gasteiger partial charge in [-0.15, -0.1) is 0 Å². The van der Waals surface area contributed by atoms with E-state index in [-0.39, 0.29) is 27.1 Å². The van der Waals surface area contributed by atoms with E-state index in [1.54, 1.807) is 0 Å². The van der Waals surface area contributed by atoms with Crippen molar-refractivity contribution in [1.29, 1.82) is 0 Å². The summed E-state index contributed by atoms with van der Waals surface area (Å²) in [6, 6.07) is 0. The Morgan fingerprint density at radius 2 is 1.20 bits per heavy atom. The molecule has 0 aliphatic heterocycles. The second-order valence-electron chi connectivity index (χ2n) is 0.577. The number of rotatable bonds is 0. The Kier molecular flexibility index (Phi) is 78.2. The van der Waals surface area contributed by atoms with Crippen molar-refractivity contribution in [2.24, 2.45) is 0 Å². The van der Waals surface area contributed by atoms with Gasteiger partial charge < -0.3 is 6.42 Å². The van der Waals surface area contributed by atoms with Gasteiger partial charge in [-0.25, -0.2) is 0 Å². The van der Waals surface area contributed by atoms with Crippen LogP contribution in [0.4, 0.5) is 4.70 Å². The first-order valence-electron chi connectivity index (χ1n) is 1.15. The van der Waals surface area contributed by atoms with Crippen LogP contribution in [-0.2, 0) is 22.4 Å². The molecule has 0 unspecified atom stereocenters. The Morgan fingerprint density at radius 1 is 1.20 bits per heavy atom. The van der Waals surface area contributed by atoms with Gasteiger partial charge in [-0.1, -0.05) is 0 Å². The summed E-state index contributed by atoms with van der Waals surface area (Å²) in [5.74, 6) is 0. The van der Waals surface area contributed by atoms with Gasteiger partial charge in [0.15, 0.2) is 0 Å². The van der Waals surface area contributed by atoms with Crippen molar-refractivity contribution in [1.82, 2.24) is 0 Å². The van der Waals surface area contributed by atoms with Crippen molar-refractivity contribution >= 4 is 0 Å². The summed E-state index contributed by atoms with van der Waals surface area (Å²) in [6.07, 6.45) is 2.00. The normalized spacial score (nSPS) is 3.60. The van der Waals surface area contributed by atoms with Crippen LogP contribution in [0.3, 0.4) is 0 Å². The van der Waals surface area contributed by atoms with Gasteiger partial charge in [0.2, 0.25) is 0 Å². The fraction of sp³-hybridized carbons (Fsp3) is 0.667. The van der Waals surface area contributed by atoms with E-state index in [4.69, 9.17) is 0 Å². The molecule has 0 spiro atoms. The Hall–Kier alpha value is 0.670. The Labute approximate surface area is 47.8 Å². The van der Waals surface area contributed by atoms with Crippen LogP contribution in [0.2, 0.25) is 0 Å². The van der Waals surface area contributed by atoms with Crippen LogP contribution in [0.1, 0.15) is 13.8 Å². The maximum absolute atomic E-state index is 2.00. The zero-order valence-electron chi connectivity index (χ0n) is 3.29. The summed E-state index contributed by atoms with van der Waals surface area (Å²) in [5.41, 5.74) is 0. The molecule has 0 heterocycles. The molecule has 0 aliphatic carbocycles. The first-order valence-corrected chi connectivity index (χ1v) is 1.15. The molecular formula is C3H8AgF. The van der Waals surface area contributed by atoms with E-state index in [0.29, 0.717) is 0 Å². The molecular weight excluding hydrogens is 163 g/mol. The summed E-state index contributed by atoms with van der Waals surface area (Å²) in [5, 5.41) is 0. The first-order chi connectivity index (χ1) is 1.41. The molecule has 38 valence electrons. The van der Waals surface area contributed by atoms with Gasteiger partial charge in [-0.05, 0) is 0 Å². The standard InChI is InChI=1S/C3H7.Ag.FH/c1-3-2;;/h3H,1-2H3;;1H/q-1;+1;. The Bertz CT molecular complexity index is 6.85. The van der Waals surface area contributed by atoms with Crippen LogP contribution in [0.15, 0.2) is 0 Å². The minimum Gasteiger partial charge on any atom is -0.335 e. The van der Waals surface area contributed by atoms with Gasteiger partial charge in [0, 0.05) is 0 Å². The topological polar surface area (TPSA) is 0 Å². The number of hydrogen-bond donors (Lipinski definition) is 0. The van der Waals surface area contributed by atoms with Crippen LogP contribution in [0, 0.1) is 6.42 Å². The quantitative estimate of drug-likeness (QED) is 0.381. The van der Waals surface area contributed by atoms with Crippen molar-refractivity contribution in [3.05, 3.63) is 6.42 Å². The summed E-state index contributed by atoms with van der Waals surface area (Å²) in [7, 11) is 0. The molecule has 0 rings (SSSR count). The molecule has 0 aromatic carbocycles. The molecule has 0 aliphatic rings. The molecule has 2 heteroatoms. The smallest absolute Gasteiger partial charge is 0.335 e. The van der Waals surface area contributed by atoms with E-state index in [2.05, 4.69) is 0 Å². The number of halogens is 1. The minimum absolute atomic E-state index is 0. The monoisotopic (exact) mass is 170 g/mol. The summed E-state index contributed by atoms with van der Waals surface area (Å²) < 4.78 is 0. The second kappa shape index (κ2) is 22.6. The predicted molar refractivity (Wildman–Crippen MR) is 18.2 cm³/mol. The average Bonchev–Trinajstić information content (AvgIpc) is 0.918. The zero-order chi connectivity index (χ0) is 2.71.